The molecule has 24 heavy (non-hydrogen) atoms. The Kier molecular flexibility index (Phi) is 8.93. The Labute approximate surface area is 147 Å². The fourth-order valence-electron chi connectivity index (χ4n) is 1.91. The van der Waals surface area contributed by atoms with E-state index in [1.54, 1.807) is 0 Å². The minimum Gasteiger partial charge on any atom is -0.460 e. The zero-order chi connectivity index (χ0) is 19.0. The summed E-state index contributed by atoms with van der Waals surface area (Å²) in [5.41, 5.74) is -0.271. The van der Waals surface area contributed by atoms with Crippen molar-refractivity contribution in [3.63, 3.8) is 0 Å². The number of hydrogen-bond donors (Lipinski definition) is 0. The van der Waals surface area contributed by atoms with Crippen LogP contribution in [0.15, 0.2) is 0 Å². The van der Waals surface area contributed by atoms with Crippen molar-refractivity contribution in [2.75, 3.05) is 68.6 Å². The first-order chi connectivity index (χ1) is 10.7. The number of carbonyl (C=O) groups is 2. The van der Waals surface area contributed by atoms with Crippen LogP contribution in [0.4, 0.5) is 0 Å². The number of rotatable bonds is 11. The summed E-state index contributed by atoms with van der Waals surface area (Å²) in [5.74, 6) is -0.401. The first kappa shape index (κ1) is 22.9. The molecule has 0 unspecified atom stereocenters. The van der Waals surface area contributed by atoms with Gasteiger partial charge in [0.05, 0.1) is 48.7 Å². The van der Waals surface area contributed by atoms with Gasteiger partial charge in [-0.3, -0.25) is 9.59 Å². The first-order valence-corrected chi connectivity index (χ1v) is 8.62. The number of quaternary nitrogens is 2. The Morgan fingerprint density at radius 2 is 1.21 bits per heavy atom. The smallest absolute Gasteiger partial charge is 0.306 e. The normalized spacial score (nSPS) is 12.8. The molecule has 0 radical (unpaired) electrons. The average molecular weight is 347 g/mol. The summed E-state index contributed by atoms with van der Waals surface area (Å²) in [6, 6.07) is 0. The highest BCUT2D eigenvalue weighted by atomic mass is 16.5. The predicted octanol–water partition coefficient (Wildman–Crippen LogP) is 1.68. The Balaban J connectivity index is 4.03. The van der Waals surface area contributed by atoms with Gasteiger partial charge in [0.15, 0.2) is 0 Å². The third-order valence-electron chi connectivity index (χ3n) is 3.68. The Bertz CT molecular complexity index is 406. The number of ether oxygens (including phenoxy) is 2. The summed E-state index contributed by atoms with van der Waals surface area (Å²) < 4.78 is 12.1. The SMILES string of the molecule is CC(C)(CCC(=O)OCC[N+](C)(C)C)CC(=O)OCC[N+](C)(C)C. The summed E-state index contributed by atoms with van der Waals surface area (Å²) in [5, 5.41) is 0. The molecule has 0 aliphatic carbocycles. The topological polar surface area (TPSA) is 52.6 Å². The van der Waals surface area contributed by atoms with Crippen molar-refractivity contribution >= 4 is 11.9 Å². The maximum Gasteiger partial charge on any atom is 0.306 e. The van der Waals surface area contributed by atoms with Gasteiger partial charge in [-0.25, -0.2) is 0 Å². The third kappa shape index (κ3) is 14.5. The molecule has 0 spiro atoms. The standard InChI is InChI=1S/C18H38N2O4/c1-18(2,15-17(22)24-14-12-20(6,7)8)10-9-16(21)23-13-11-19(3,4)5/h9-15H2,1-8H3/q+2. The van der Waals surface area contributed by atoms with E-state index in [2.05, 4.69) is 42.3 Å². The van der Waals surface area contributed by atoms with Crippen LogP contribution in [-0.2, 0) is 19.1 Å². The first-order valence-electron chi connectivity index (χ1n) is 8.62. The minimum atomic E-state index is -0.271. The maximum absolute atomic E-state index is 11.9. The zero-order valence-corrected chi connectivity index (χ0v) is 17.0. The average Bonchev–Trinajstić information content (AvgIpc) is 2.32. The molecule has 0 amide bonds. The van der Waals surface area contributed by atoms with Gasteiger partial charge < -0.3 is 18.4 Å². The van der Waals surface area contributed by atoms with E-state index in [9.17, 15) is 9.59 Å². The second-order valence-electron chi connectivity index (χ2n) is 9.31. The van der Waals surface area contributed by atoms with E-state index in [0.717, 1.165) is 22.1 Å². The van der Waals surface area contributed by atoms with E-state index in [0.29, 0.717) is 32.5 Å². The van der Waals surface area contributed by atoms with Gasteiger partial charge in [-0.15, -0.1) is 0 Å². The van der Waals surface area contributed by atoms with Crippen molar-refractivity contribution < 1.29 is 28.0 Å². The van der Waals surface area contributed by atoms with Crippen molar-refractivity contribution in [1.29, 1.82) is 0 Å². The quantitative estimate of drug-likeness (QED) is 0.422. The molecular formula is C18H38N2O4+2. The number of likely N-dealkylation sites (N-methyl/N-ethyl adjacent to an activating group) is 2. The highest BCUT2D eigenvalue weighted by Gasteiger charge is 2.25. The molecular weight excluding hydrogens is 308 g/mol. The van der Waals surface area contributed by atoms with Crippen molar-refractivity contribution in [2.24, 2.45) is 5.41 Å². The second-order valence-corrected chi connectivity index (χ2v) is 9.31. The summed E-state index contributed by atoms with van der Waals surface area (Å²) in [6.07, 6.45) is 1.26. The van der Waals surface area contributed by atoms with Crippen LogP contribution < -0.4 is 0 Å². The maximum atomic E-state index is 11.9. The number of esters is 2. The van der Waals surface area contributed by atoms with E-state index in [1.165, 1.54) is 0 Å². The lowest BCUT2D eigenvalue weighted by Gasteiger charge is -2.25. The predicted molar refractivity (Wildman–Crippen MR) is 95.3 cm³/mol. The van der Waals surface area contributed by atoms with Gasteiger partial charge in [-0.2, -0.15) is 0 Å². The van der Waals surface area contributed by atoms with Crippen molar-refractivity contribution in [2.45, 2.75) is 33.1 Å². The number of hydrogen-bond acceptors (Lipinski definition) is 4. The van der Waals surface area contributed by atoms with Gasteiger partial charge in [-0.1, -0.05) is 13.8 Å². The lowest BCUT2D eigenvalue weighted by molar-refractivity contribution is -0.870. The molecule has 0 heterocycles. The van der Waals surface area contributed by atoms with Gasteiger partial charge in [0, 0.05) is 6.42 Å². The van der Waals surface area contributed by atoms with Crippen LogP contribution >= 0.6 is 0 Å². The summed E-state index contributed by atoms with van der Waals surface area (Å²) in [6.45, 7) is 6.38. The molecule has 0 fully saturated rings. The molecule has 0 bridgehead atoms. The summed E-state index contributed by atoms with van der Waals surface area (Å²) >= 11 is 0. The summed E-state index contributed by atoms with van der Waals surface area (Å²) in [4.78, 5) is 23.7. The van der Waals surface area contributed by atoms with E-state index in [1.807, 2.05) is 13.8 Å². The van der Waals surface area contributed by atoms with Crippen molar-refractivity contribution in [3.8, 4) is 0 Å². The van der Waals surface area contributed by atoms with E-state index < -0.39 is 0 Å². The fraction of sp³-hybridized carbons (Fsp3) is 0.889. The van der Waals surface area contributed by atoms with Crippen molar-refractivity contribution in [1.82, 2.24) is 0 Å². The molecule has 0 aromatic heterocycles. The molecule has 0 aliphatic rings. The van der Waals surface area contributed by atoms with Crippen molar-refractivity contribution in [3.05, 3.63) is 0 Å². The summed E-state index contributed by atoms with van der Waals surface area (Å²) in [7, 11) is 12.3. The number of carbonyl (C=O) groups excluding carboxylic acids is 2. The molecule has 0 rings (SSSR count). The molecule has 0 aromatic carbocycles. The van der Waals surface area contributed by atoms with Gasteiger partial charge in [-0.05, 0) is 11.8 Å². The molecule has 0 N–H and O–H groups in total. The molecule has 6 heteroatoms. The minimum absolute atomic E-state index is 0.199. The molecule has 0 aromatic rings. The zero-order valence-electron chi connectivity index (χ0n) is 17.0. The van der Waals surface area contributed by atoms with Gasteiger partial charge in [0.2, 0.25) is 0 Å². The van der Waals surface area contributed by atoms with Crippen LogP contribution in [0.25, 0.3) is 0 Å². The molecule has 0 atom stereocenters. The molecule has 0 saturated carbocycles. The lowest BCUT2D eigenvalue weighted by Crippen LogP contribution is -2.38. The van der Waals surface area contributed by atoms with Crippen LogP contribution in [0, 0.1) is 5.41 Å². The van der Waals surface area contributed by atoms with E-state index >= 15 is 0 Å². The van der Waals surface area contributed by atoms with E-state index in [-0.39, 0.29) is 17.4 Å². The van der Waals surface area contributed by atoms with Gasteiger partial charge in [0.1, 0.15) is 26.3 Å². The molecule has 6 nitrogen and oxygen atoms in total. The molecule has 0 saturated heterocycles. The van der Waals surface area contributed by atoms with Crippen LogP contribution in [0.2, 0.25) is 0 Å². The monoisotopic (exact) mass is 346 g/mol. The van der Waals surface area contributed by atoms with Crippen LogP contribution in [0.5, 0.6) is 0 Å². The van der Waals surface area contributed by atoms with Crippen LogP contribution in [-0.4, -0.2) is 89.5 Å². The fourth-order valence-corrected chi connectivity index (χ4v) is 1.91. The Morgan fingerprint density at radius 3 is 1.62 bits per heavy atom. The Hall–Kier alpha value is -1.14. The largest absolute Gasteiger partial charge is 0.460 e. The highest BCUT2D eigenvalue weighted by Crippen LogP contribution is 2.27. The second kappa shape index (κ2) is 9.37. The van der Waals surface area contributed by atoms with E-state index in [4.69, 9.17) is 9.47 Å². The number of nitrogens with zero attached hydrogens (tertiary/aromatic N) is 2. The van der Waals surface area contributed by atoms with Crippen LogP contribution in [0.3, 0.4) is 0 Å². The van der Waals surface area contributed by atoms with Gasteiger partial charge >= 0.3 is 11.9 Å². The highest BCUT2D eigenvalue weighted by molar-refractivity contribution is 5.71. The molecule has 0 aliphatic heterocycles. The third-order valence-corrected chi connectivity index (χ3v) is 3.68. The molecule has 142 valence electrons. The Morgan fingerprint density at radius 1 is 0.792 bits per heavy atom. The lowest BCUT2D eigenvalue weighted by atomic mass is 9.84. The van der Waals surface area contributed by atoms with Gasteiger partial charge in [0.25, 0.3) is 0 Å². The van der Waals surface area contributed by atoms with Crippen LogP contribution in [0.1, 0.15) is 33.1 Å².